The van der Waals surface area contributed by atoms with E-state index in [4.69, 9.17) is 4.74 Å². The number of fused-ring (bicyclic) bond motifs is 7. The number of aromatic hydroxyl groups is 1. The minimum atomic E-state index is -0.934. The maximum atomic E-state index is 11.7. The average molecular weight is 328 g/mol. The third kappa shape index (κ3) is 1.81. The van der Waals surface area contributed by atoms with Crippen LogP contribution in [0.4, 0.5) is 0 Å². The topological polar surface area (TPSA) is 66.8 Å². The van der Waals surface area contributed by atoms with E-state index in [0.717, 1.165) is 25.7 Å². The van der Waals surface area contributed by atoms with Crippen LogP contribution in [-0.4, -0.2) is 27.9 Å². The number of carbonyl (C=O) groups is 1. The molecule has 0 aromatic heterocycles. The third-order valence-electron chi connectivity index (χ3n) is 7.39. The fourth-order valence-corrected chi connectivity index (χ4v) is 6.53. The molecule has 2 N–H and O–H groups in total. The fraction of sp³-hybridized carbons (Fsp3) is 0.650. The lowest BCUT2D eigenvalue weighted by Gasteiger charge is -2.49. The second-order valence-corrected chi connectivity index (χ2v) is 8.48. The number of rotatable bonds is 0. The Balaban J connectivity index is 1.53. The smallest absolute Gasteiger partial charge is 0.309 e. The lowest BCUT2D eigenvalue weighted by molar-refractivity contribution is -0.142. The summed E-state index contributed by atoms with van der Waals surface area (Å²) in [6.45, 7) is 2.28. The summed E-state index contributed by atoms with van der Waals surface area (Å²) in [5, 5.41) is 20.9. The maximum Gasteiger partial charge on any atom is 0.309 e. The van der Waals surface area contributed by atoms with Crippen LogP contribution in [0.1, 0.15) is 49.7 Å². The van der Waals surface area contributed by atoms with E-state index >= 15 is 0 Å². The Morgan fingerprint density at radius 3 is 2.92 bits per heavy atom. The monoisotopic (exact) mass is 328 g/mol. The number of benzene rings is 1. The first kappa shape index (κ1) is 14.8. The van der Waals surface area contributed by atoms with E-state index in [-0.39, 0.29) is 24.4 Å². The molecule has 1 saturated heterocycles. The summed E-state index contributed by atoms with van der Waals surface area (Å²) >= 11 is 0. The molecule has 1 aromatic carbocycles. The van der Waals surface area contributed by atoms with Crippen molar-refractivity contribution in [2.75, 3.05) is 0 Å². The predicted molar refractivity (Wildman–Crippen MR) is 87.5 cm³/mol. The van der Waals surface area contributed by atoms with Crippen LogP contribution in [0.15, 0.2) is 18.2 Å². The first-order chi connectivity index (χ1) is 11.5. The summed E-state index contributed by atoms with van der Waals surface area (Å²) in [5.41, 5.74) is 1.73. The molecule has 1 heterocycles. The van der Waals surface area contributed by atoms with Gasteiger partial charge in [-0.1, -0.05) is 13.0 Å². The summed E-state index contributed by atoms with van der Waals surface area (Å²) in [5.74, 6) is 2.25. The number of hydrogen-bond acceptors (Lipinski definition) is 4. The standard InChI is InChI=1S/C20H24O4/c1-10-6-16-15(8-17-20(16,23)9-18(22)24-17)14-4-2-11-7-12(21)3-5-13(11)19(10)14/h3,5,7,10,14-17,19,21,23H,2,4,6,8-9H2,1H3. The lowest BCUT2D eigenvalue weighted by atomic mass is 9.56. The second-order valence-electron chi connectivity index (χ2n) is 8.48. The predicted octanol–water partition coefficient (Wildman–Crippen LogP) is 2.76. The van der Waals surface area contributed by atoms with Crippen molar-refractivity contribution in [1.29, 1.82) is 0 Å². The van der Waals surface area contributed by atoms with Crippen LogP contribution >= 0.6 is 0 Å². The van der Waals surface area contributed by atoms with Crippen molar-refractivity contribution < 1.29 is 19.7 Å². The Hall–Kier alpha value is -1.55. The molecule has 128 valence electrons. The second kappa shape index (κ2) is 4.75. The molecule has 0 bridgehead atoms. The molecule has 4 nitrogen and oxygen atoms in total. The number of ether oxygens (including phenoxy) is 1. The largest absolute Gasteiger partial charge is 0.508 e. The molecule has 24 heavy (non-hydrogen) atoms. The summed E-state index contributed by atoms with van der Waals surface area (Å²) in [6, 6.07) is 5.82. The fourth-order valence-electron chi connectivity index (χ4n) is 6.53. The SMILES string of the molecule is CC1CC2C(CC3OC(=O)CC32O)C2CCc3cc(O)ccc3C12. The van der Waals surface area contributed by atoms with E-state index in [9.17, 15) is 15.0 Å². The zero-order valence-corrected chi connectivity index (χ0v) is 13.9. The van der Waals surface area contributed by atoms with Gasteiger partial charge in [-0.25, -0.2) is 0 Å². The molecular weight excluding hydrogens is 304 g/mol. The Bertz CT molecular complexity index is 714. The number of carbonyl (C=O) groups excluding carboxylic acids is 1. The van der Waals surface area contributed by atoms with Gasteiger partial charge in [0.15, 0.2) is 0 Å². The first-order valence-electron chi connectivity index (χ1n) is 9.21. The van der Waals surface area contributed by atoms with Crippen molar-refractivity contribution in [3.05, 3.63) is 29.3 Å². The third-order valence-corrected chi connectivity index (χ3v) is 7.39. The minimum absolute atomic E-state index is 0.174. The summed E-state index contributed by atoms with van der Waals surface area (Å²) in [4.78, 5) is 11.7. The molecule has 4 heteroatoms. The van der Waals surface area contributed by atoms with Crippen LogP contribution in [0.2, 0.25) is 0 Å². The minimum Gasteiger partial charge on any atom is -0.508 e. The maximum absolute atomic E-state index is 11.7. The molecule has 0 amide bonds. The molecule has 0 radical (unpaired) electrons. The highest BCUT2D eigenvalue weighted by Crippen LogP contribution is 2.62. The average Bonchev–Trinajstić information content (AvgIpc) is 2.96. The van der Waals surface area contributed by atoms with Gasteiger partial charge >= 0.3 is 5.97 Å². The zero-order chi connectivity index (χ0) is 16.6. The number of esters is 1. The van der Waals surface area contributed by atoms with E-state index in [0.29, 0.717) is 29.4 Å². The Kier molecular flexibility index (Phi) is 2.92. The molecule has 5 rings (SSSR count). The molecule has 1 aromatic rings. The van der Waals surface area contributed by atoms with Crippen LogP contribution < -0.4 is 0 Å². The van der Waals surface area contributed by atoms with E-state index in [1.807, 2.05) is 6.07 Å². The van der Waals surface area contributed by atoms with Crippen LogP contribution in [-0.2, 0) is 16.0 Å². The van der Waals surface area contributed by atoms with Gasteiger partial charge in [-0.2, -0.15) is 0 Å². The number of aliphatic hydroxyl groups is 1. The van der Waals surface area contributed by atoms with Gasteiger partial charge in [0.25, 0.3) is 0 Å². The van der Waals surface area contributed by atoms with Crippen LogP contribution in [0, 0.1) is 23.7 Å². The summed E-state index contributed by atoms with van der Waals surface area (Å²) < 4.78 is 5.46. The highest BCUT2D eigenvalue weighted by Gasteiger charge is 2.64. The summed E-state index contributed by atoms with van der Waals surface area (Å²) in [7, 11) is 0. The van der Waals surface area contributed by atoms with Gasteiger partial charge in [0, 0.05) is 0 Å². The zero-order valence-electron chi connectivity index (χ0n) is 13.9. The van der Waals surface area contributed by atoms with Crippen molar-refractivity contribution in [2.24, 2.45) is 23.7 Å². The first-order valence-corrected chi connectivity index (χ1v) is 9.21. The van der Waals surface area contributed by atoms with Crippen molar-refractivity contribution >= 4 is 5.97 Å². The van der Waals surface area contributed by atoms with Crippen molar-refractivity contribution in [2.45, 2.75) is 56.7 Å². The normalized spacial score (nSPS) is 45.8. The van der Waals surface area contributed by atoms with Crippen molar-refractivity contribution in [3.8, 4) is 5.75 Å². The highest BCUT2D eigenvalue weighted by atomic mass is 16.6. The number of phenols is 1. The number of phenolic OH excluding ortho intramolecular Hbond substituents is 1. The molecule has 2 saturated carbocycles. The molecule has 3 fully saturated rings. The molecule has 3 aliphatic carbocycles. The van der Waals surface area contributed by atoms with Gasteiger partial charge in [-0.15, -0.1) is 0 Å². The van der Waals surface area contributed by atoms with Gasteiger partial charge in [0.05, 0.1) is 6.42 Å². The molecular formula is C20H24O4. The van der Waals surface area contributed by atoms with Crippen molar-refractivity contribution in [3.63, 3.8) is 0 Å². The number of aryl methyl sites for hydroxylation is 1. The Morgan fingerprint density at radius 1 is 1.25 bits per heavy atom. The van der Waals surface area contributed by atoms with Gasteiger partial charge < -0.3 is 14.9 Å². The Morgan fingerprint density at radius 2 is 2.08 bits per heavy atom. The van der Waals surface area contributed by atoms with Gasteiger partial charge in [-0.3, -0.25) is 4.79 Å². The van der Waals surface area contributed by atoms with Gasteiger partial charge in [0.2, 0.25) is 0 Å². The highest BCUT2D eigenvalue weighted by molar-refractivity contribution is 5.74. The van der Waals surface area contributed by atoms with Gasteiger partial charge in [-0.05, 0) is 78.5 Å². The van der Waals surface area contributed by atoms with E-state index < -0.39 is 5.60 Å². The quantitative estimate of drug-likeness (QED) is 0.719. The van der Waals surface area contributed by atoms with E-state index in [1.165, 1.54) is 11.1 Å². The van der Waals surface area contributed by atoms with Crippen LogP contribution in [0.5, 0.6) is 5.75 Å². The van der Waals surface area contributed by atoms with Crippen LogP contribution in [0.3, 0.4) is 0 Å². The van der Waals surface area contributed by atoms with Gasteiger partial charge in [0.1, 0.15) is 17.5 Å². The Labute approximate surface area is 141 Å². The van der Waals surface area contributed by atoms with E-state index in [1.54, 1.807) is 6.07 Å². The molecule has 7 atom stereocenters. The lowest BCUT2D eigenvalue weighted by Crippen LogP contribution is -2.46. The molecule has 4 aliphatic rings. The molecule has 1 aliphatic heterocycles. The van der Waals surface area contributed by atoms with Crippen molar-refractivity contribution in [1.82, 2.24) is 0 Å². The summed E-state index contributed by atoms with van der Waals surface area (Å²) in [6.07, 6.45) is 3.73. The van der Waals surface area contributed by atoms with Crippen LogP contribution in [0.25, 0.3) is 0 Å². The molecule has 0 spiro atoms. The number of hydrogen-bond donors (Lipinski definition) is 2. The molecule has 7 unspecified atom stereocenters. The van der Waals surface area contributed by atoms with E-state index in [2.05, 4.69) is 13.0 Å².